The van der Waals surface area contributed by atoms with Crippen LogP contribution in [0.25, 0.3) is 10.2 Å². The van der Waals surface area contributed by atoms with E-state index in [1.54, 1.807) is 17.4 Å². The predicted molar refractivity (Wildman–Crippen MR) is 121 cm³/mol. The van der Waals surface area contributed by atoms with Crippen LogP contribution in [0.3, 0.4) is 0 Å². The van der Waals surface area contributed by atoms with Gasteiger partial charge in [0.1, 0.15) is 16.5 Å². The summed E-state index contributed by atoms with van der Waals surface area (Å²) in [5, 5.41) is 3.78. The SMILES string of the molecule is O=C(CSCc1nc2sc3c(c2c(=O)[nH]1)CCC3)NC1CCSc2c(F)cccc21. The average Bonchev–Trinajstić information content (AvgIpc) is 3.29. The van der Waals surface area contributed by atoms with Crippen molar-refractivity contribution in [3.63, 3.8) is 0 Å². The average molecular weight is 462 g/mol. The van der Waals surface area contributed by atoms with Gasteiger partial charge in [0.15, 0.2) is 0 Å². The number of nitrogens with one attached hydrogen (secondary N) is 2. The highest BCUT2D eigenvalue weighted by atomic mass is 32.2. The standard InChI is InChI=1S/C21H20FN3O2S3/c22-13-5-1-3-11-14(7-8-29-19(11)13)23-17(26)10-28-9-16-24-20(27)18-12-4-2-6-15(12)30-21(18)25-16/h1,3,5,14H,2,4,6-10H2,(H,23,26)(H,24,25,27). The molecule has 1 atom stereocenters. The molecule has 0 saturated heterocycles. The third kappa shape index (κ3) is 3.78. The number of carbonyl (C=O) groups excluding carboxylic acids is 1. The first-order valence-corrected chi connectivity index (χ1v) is 12.9. The molecular weight excluding hydrogens is 441 g/mol. The van der Waals surface area contributed by atoms with Crippen molar-refractivity contribution in [1.82, 2.24) is 15.3 Å². The van der Waals surface area contributed by atoms with Crippen LogP contribution in [-0.2, 0) is 23.4 Å². The molecule has 0 spiro atoms. The Morgan fingerprint density at radius 3 is 3.17 bits per heavy atom. The van der Waals surface area contributed by atoms with E-state index in [1.165, 1.54) is 40.0 Å². The fraction of sp³-hybridized carbons (Fsp3) is 0.381. The molecule has 3 heterocycles. The molecule has 1 aromatic carbocycles. The molecule has 1 aliphatic heterocycles. The van der Waals surface area contributed by atoms with Gasteiger partial charge in [-0.25, -0.2) is 9.37 Å². The summed E-state index contributed by atoms with van der Waals surface area (Å²) in [4.78, 5) is 35.2. The maximum atomic E-state index is 14.0. The fourth-order valence-corrected chi connectivity index (χ4v) is 7.25. The number of carbonyl (C=O) groups is 1. The molecule has 1 unspecified atom stereocenters. The van der Waals surface area contributed by atoms with Crippen LogP contribution in [0.2, 0.25) is 0 Å². The molecule has 5 rings (SSSR count). The number of H-pyrrole nitrogens is 1. The highest BCUT2D eigenvalue weighted by Gasteiger charge is 2.24. The summed E-state index contributed by atoms with van der Waals surface area (Å²) in [6.45, 7) is 0. The second kappa shape index (κ2) is 8.36. The van der Waals surface area contributed by atoms with E-state index in [9.17, 15) is 14.0 Å². The Morgan fingerprint density at radius 1 is 1.37 bits per heavy atom. The van der Waals surface area contributed by atoms with E-state index in [0.717, 1.165) is 47.2 Å². The van der Waals surface area contributed by atoms with Crippen LogP contribution < -0.4 is 10.9 Å². The second-order valence-corrected chi connectivity index (χ2v) is 10.6. The third-order valence-electron chi connectivity index (χ3n) is 5.46. The molecule has 9 heteroatoms. The molecule has 3 aromatic rings. The minimum absolute atomic E-state index is 0.0715. The first kappa shape index (κ1) is 20.1. The topological polar surface area (TPSA) is 74.8 Å². The van der Waals surface area contributed by atoms with Gasteiger partial charge in [-0.2, -0.15) is 0 Å². The van der Waals surface area contributed by atoms with Crippen molar-refractivity contribution in [1.29, 1.82) is 0 Å². The molecule has 0 radical (unpaired) electrons. The molecule has 30 heavy (non-hydrogen) atoms. The number of thioether (sulfide) groups is 2. The quantitative estimate of drug-likeness (QED) is 0.596. The summed E-state index contributed by atoms with van der Waals surface area (Å²) in [7, 11) is 0. The van der Waals surface area contributed by atoms with Crippen LogP contribution in [0.5, 0.6) is 0 Å². The van der Waals surface area contributed by atoms with E-state index in [1.807, 2.05) is 6.07 Å². The number of benzene rings is 1. The van der Waals surface area contributed by atoms with Gasteiger partial charge in [-0.05, 0) is 42.9 Å². The zero-order chi connectivity index (χ0) is 20.7. The van der Waals surface area contributed by atoms with Gasteiger partial charge in [0, 0.05) is 15.5 Å². The van der Waals surface area contributed by atoms with Crippen molar-refractivity contribution >= 4 is 51.0 Å². The van der Waals surface area contributed by atoms with E-state index >= 15 is 0 Å². The van der Waals surface area contributed by atoms with E-state index in [4.69, 9.17) is 0 Å². The van der Waals surface area contributed by atoms with E-state index in [-0.39, 0.29) is 29.1 Å². The van der Waals surface area contributed by atoms with Crippen LogP contribution in [0.15, 0.2) is 27.9 Å². The molecule has 5 nitrogen and oxygen atoms in total. The number of hydrogen-bond acceptors (Lipinski definition) is 6. The molecule has 2 N–H and O–H groups in total. The lowest BCUT2D eigenvalue weighted by Gasteiger charge is -2.26. The summed E-state index contributed by atoms with van der Waals surface area (Å²) in [5.41, 5.74) is 1.95. The lowest BCUT2D eigenvalue weighted by Crippen LogP contribution is -2.32. The van der Waals surface area contributed by atoms with Crippen molar-refractivity contribution in [3.8, 4) is 0 Å². The second-order valence-electron chi connectivity index (χ2n) is 7.46. The van der Waals surface area contributed by atoms with Crippen molar-refractivity contribution in [2.75, 3.05) is 11.5 Å². The Balaban J connectivity index is 1.21. The summed E-state index contributed by atoms with van der Waals surface area (Å²) < 4.78 is 14.0. The Bertz CT molecular complexity index is 1190. The lowest BCUT2D eigenvalue weighted by molar-refractivity contribution is -0.119. The number of amides is 1. The minimum Gasteiger partial charge on any atom is -0.349 e. The van der Waals surface area contributed by atoms with Crippen LogP contribution in [0.4, 0.5) is 4.39 Å². The van der Waals surface area contributed by atoms with Gasteiger partial charge in [-0.3, -0.25) is 9.59 Å². The van der Waals surface area contributed by atoms with Crippen molar-refractivity contribution < 1.29 is 9.18 Å². The Hall–Kier alpha value is -1.84. The molecular formula is C21H20FN3O2S3. The highest BCUT2D eigenvalue weighted by Crippen LogP contribution is 2.38. The molecule has 1 amide bonds. The number of aromatic nitrogens is 2. The number of rotatable bonds is 5. The third-order valence-corrected chi connectivity index (χ3v) is 8.75. The van der Waals surface area contributed by atoms with Crippen molar-refractivity contribution in [3.05, 3.63) is 56.2 Å². The van der Waals surface area contributed by atoms with Crippen LogP contribution in [0.1, 0.15) is 40.7 Å². The summed E-state index contributed by atoms with van der Waals surface area (Å²) >= 11 is 4.54. The monoisotopic (exact) mass is 461 g/mol. The molecule has 1 aliphatic carbocycles. The smallest absolute Gasteiger partial charge is 0.259 e. The van der Waals surface area contributed by atoms with Gasteiger partial charge >= 0.3 is 0 Å². The Morgan fingerprint density at radius 2 is 2.27 bits per heavy atom. The Kier molecular flexibility index (Phi) is 5.59. The molecule has 0 bridgehead atoms. The summed E-state index contributed by atoms with van der Waals surface area (Å²) in [5.74, 6) is 1.79. The molecule has 0 saturated carbocycles. The number of halogens is 1. The van der Waals surface area contributed by atoms with Crippen LogP contribution in [0, 0.1) is 5.82 Å². The van der Waals surface area contributed by atoms with Gasteiger partial charge < -0.3 is 10.3 Å². The highest BCUT2D eigenvalue weighted by molar-refractivity contribution is 7.99. The number of fused-ring (bicyclic) bond motifs is 4. The van der Waals surface area contributed by atoms with E-state index in [2.05, 4.69) is 15.3 Å². The molecule has 2 aliphatic rings. The molecule has 0 fully saturated rings. The number of aryl methyl sites for hydroxylation is 2. The van der Waals surface area contributed by atoms with Crippen molar-refractivity contribution in [2.45, 2.75) is 42.4 Å². The van der Waals surface area contributed by atoms with Crippen LogP contribution in [-0.4, -0.2) is 27.4 Å². The summed E-state index contributed by atoms with van der Waals surface area (Å²) in [6, 6.07) is 4.86. The summed E-state index contributed by atoms with van der Waals surface area (Å²) in [6.07, 6.45) is 3.89. The van der Waals surface area contributed by atoms with Gasteiger partial charge in [-0.1, -0.05) is 12.1 Å². The maximum Gasteiger partial charge on any atom is 0.259 e. The lowest BCUT2D eigenvalue weighted by atomic mass is 10.0. The normalized spacial score (nSPS) is 17.7. The van der Waals surface area contributed by atoms with Gasteiger partial charge in [-0.15, -0.1) is 34.9 Å². The first-order valence-electron chi connectivity index (χ1n) is 9.92. The van der Waals surface area contributed by atoms with Crippen LogP contribution >= 0.6 is 34.9 Å². The van der Waals surface area contributed by atoms with Gasteiger partial charge in [0.2, 0.25) is 5.91 Å². The van der Waals surface area contributed by atoms with Gasteiger partial charge in [0.25, 0.3) is 5.56 Å². The molecule has 156 valence electrons. The fourth-order valence-electron chi connectivity index (χ4n) is 4.13. The maximum absolute atomic E-state index is 14.0. The largest absolute Gasteiger partial charge is 0.349 e. The van der Waals surface area contributed by atoms with E-state index < -0.39 is 0 Å². The zero-order valence-corrected chi connectivity index (χ0v) is 18.6. The minimum atomic E-state index is -0.226. The number of aromatic amines is 1. The first-order chi connectivity index (χ1) is 14.6. The molecule has 2 aromatic heterocycles. The Labute approximate surface area is 185 Å². The number of nitrogens with zero attached hydrogens (tertiary/aromatic N) is 1. The predicted octanol–water partition coefficient (Wildman–Crippen LogP) is 4.20. The number of thiophene rings is 1. The zero-order valence-electron chi connectivity index (χ0n) is 16.1. The van der Waals surface area contributed by atoms with Crippen molar-refractivity contribution in [2.24, 2.45) is 0 Å². The number of hydrogen-bond donors (Lipinski definition) is 2. The van der Waals surface area contributed by atoms with Gasteiger partial charge in [0.05, 0.1) is 22.9 Å². The van der Waals surface area contributed by atoms with E-state index in [0.29, 0.717) is 16.5 Å².